The van der Waals surface area contributed by atoms with Gasteiger partial charge in [0.15, 0.2) is 0 Å². The molecule has 0 atom stereocenters. The molecule has 0 unspecified atom stereocenters. The Morgan fingerprint density at radius 2 is 1.61 bits per heavy atom. The van der Waals surface area contributed by atoms with Gasteiger partial charge in [0, 0.05) is 35.6 Å². The maximum Gasteiger partial charge on any atom is 0.323 e. The number of non-ortho nitro benzene ring substituents is 1. The van der Waals surface area contributed by atoms with Crippen LogP contribution < -0.4 is 21.1 Å². The van der Waals surface area contributed by atoms with Gasteiger partial charge in [-0.1, -0.05) is 24.3 Å². The third-order valence-corrected chi connectivity index (χ3v) is 5.88. The van der Waals surface area contributed by atoms with Crippen LogP contribution in [-0.2, 0) is 16.6 Å². The molecular weight excluding hydrogens is 448 g/mol. The van der Waals surface area contributed by atoms with Gasteiger partial charge >= 0.3 is 6.03 Å². The van der Waals surface area contributed by atoms with Crippen molar-refractivity contribution in [1.82, 2.24) is 4.72 Å². The molecule has 0 spiro atoms. The SMILES string of the molecule is N=C(N)c1cccc(NC(=O)Nc2ccc(S(=O)(=O)NCc3ccc([N+](=O)[O-])cc3)cc2)c1. The van der Waals surface area contributed by atoms with E-state index in [2.05, 4.69) is 15.4 Å². The lowest BCUT2D eigenvalue weighted by Gasteiger charge is -2.10. The summed E-state index contributed by atoms with van der Waals surface area (Å²) < 4.78 is 27.4. The van der Waals surface area contributed by atoms with Crippen LogP contribution in [0.15, 0.2) is 77.7 Å². The van der Waals surface area contributed by atoms with E-state index < -0.39 is 21.0 Å². The van der Waals surface area contributed by atoms with Crippen molar-refractivity contribution >= 4 is 39.0 Å². The van der Waals surface area contributed by atoms with Crippen molar-refractivity contribution in [3.05, 3.63) is 94.0 Å². The molecule has 12 heteroatoms. The molecule has 3 aromatic carbocycles. The molecule has 0 aliphatic carbocycles. The number of amides is 2. The first-order valence-electron chi connectivity index (χ1n) is 9.49. The summed E-state index contributed by atoms with van der Waals surface area (Å²) in [5.74, 6) is -0.127. The highest BCUT2D eigenvalue weighted by Gasteiger charge is 2.14. The van der Waals surface area contributed by atoms with Crippen LogP contribution in [0.25, 0.3) is 0 Å². The number of nitrogens with zero attached hydrogens (tertiary/aromatic N) is 1. The molecule has 2 amide bonds. The van der Waals surface area contributed by atoms with E-state index in [1.165, 1.54) is 48.5 Å². The highest BCUT2D eigenvalue weighted by molar-refractivity contribution is 7.89. The third kappa shape index (κ3) is 6.35. The number of nitrogens with two attached hydrogens (primary N) is 1. The average Bonchev–Trinajstić information content (AvgIpc) is 2.78. The highest BCUT2D eigenvalue weighted by atomic mass is 32.2. The summed E-state index contributed by atoms with van der Waals surface area (Å²) >= 11 is 0. The second-order valence-corrected chi connectivity index (χ2v) is 8.61. The number of sulfonamides is 1. The lowest BCUT2D eigenvalue weighted by atomic mass is 10.2. The fraction of sp³-hybridized carbons (Fsp3) is 0.0476. The fourth-order valence-corrected chi connectivity index (χ4v) is 3.79. The quantitative estimate of drug-likeness (QED) is 0.147. The van der Waals surface area contributed by atoms with Gasteiger partial charge in [-0.05, 0) is 42.0 Å². The fourth-order valence-electron chi connectivity index (χ4n) is 2.77. The van der Waals surface area contributed by atoms with Crippen LogP contribution in [0.4, 0.5) is 21.9 Å². The Morgan fingerprint density at radius 3 is 2.21 bits per heavy atom. The van der Waals surface area contributed by atoms with Gasteiger partial charge in [0.05, 0.1) is 9.82 Å². The molecule has 0 fully saturated rings. The number of nitro benzene ring substituents is 1. The number of anilines is 2. The van der Waals surface area contributed by atoms with Gasteiger partial charge in [0.2, 0.25) is 10.0 Å². The van der Waals surface area contributed by atoms with E-state index in [9.17, 15) is 23.3 Å². The summed E-state index contributed by atoms with van der Waals surface area (Å²) in [5, 5.41) is 23.3. The number of nitro groups is 1. The second kappa shape index (κ2) is 9.89. The molecule has 3 rings (SSSR count). The molecule has 0 saturated carbocycles. The number of rotatable bonds is 8. The number of benzene rings is 3. The Morgan fingerprint density at radius 1 is 0.970 bits per heavy atom. The van der Waals surface area contributed by atoms with E-state index in [1.54, 1.807) is 24.3 Å². The zero-order valence-corrected chi connectivity index (χ0v) is 17.9. The maximum atomic E-state index is 12.5. The first-order valence-corrected chi connectivity index (χ1v) is 11.0. The number of hydrogen-bond acceptors (Lipinski definition) is 6. The number of urea groups is 1. The van der Waals surface area contributed by atoms with Gasteiger partial charge in [-0.2, -0.15) is 0 Å². The molecule has 0 heterocycles. The molecule has 3 aromatic rings. The lowest BCUT2D eigenvalue weighted by molar-refractivity contribution is -0.384. The second-order valence-electron chi connectivity index (χ2n) is 6.85. The Balaban J connectivity index is 1.59. The summed E-state index contributed by atoms with van der Waals surface area (Å²) in [7, 11) is -3.84. The van der Waals surface area contributed by atoms with Crippen LogP contribution in [0, 0.1) is 15.5 Å². The predicted octanol–water partition coefficient (Wildman–Crippen LogP) is 3.00. The van der Waals surface area contributed by atoms with Gasteiger partial charge in [-0.15, -0.1) is 0 Å². The van der Waals surface area contributed by atoms with Crippen LogP contribution in [-0.4, -0.2) is 25.2 Å². The first-order chi connectivity index (χ1) is 15.6. The van der Waals surface area contributed by atoms with E-state index in [0.29, 0.717) is 22.5 Å². The number of carbonyl (C=O) groups is 1. The van der Waals surface area contributed by atoms with Gasteiger partial charge in [-0.25, -0.2) is 17.9 Å². The number of nitrogen functional groups attached to an aromatic ring is 1. The molecule has 6 N–H and O–H groups in total. The molecule has 11 nitrogen and oxygen atoms in total. The molecule has 0 saturated heterocycles. The minimum Gasteiger partial charge on any atom is -0.384 e. The van der Waals surface area contributed by atoms with Crippen LogP contribution in [0.2, 0.25) is 0 Å². The third-order valence-electron chi connectivity index (χ3n) is 4.47. The zero-order chi connectivity index (χ0) is 24.0. The summed E-state index contributed by atoms with van der Waals surface area (Å²) in [6.07, 6.45) is 0. The molecular formula is C21H20N6O5S. The maximum absolute atomic E-state index is 12.5. The Labute approximate surface area is 189 Å². The summed E-state index contributed by atoms with van der Waals surface area (Å²) in [6, 6.07) is 17.0. The molecule has 0 aliphatic heterocycles. The monoisotopic (exact) mass is 468 g/mol. The van der Waals surface area contributed by atoms with E-state index >= 15 is 0 Å². The minimum atomic E-state index is -3.84. The Hall–Kier alpha value is -4.29. The van der Waals surface area contributed by atoms with Crippen LogP contribution in [0.3, 0.4) is 0 Å². The highest BCUT2D eigenvalue weighted by Crippen LogP contribution is 2.17. The minimum absolute atomic E-state index is 0.00970. The van der Waals surface area contributed by atoms with Crippen LogP contribution in [0.5, 0.6) is 0 Å². The summed E-state index contributed by atoms with van der Waals surface area (Å²) in [5.41, 5.74) is 7.18. The van der Waals surface area contributed by atoms with Crippen molar-refractivity contribution < 1.29 is 18.1 Å². The van der Waals surface area contributed by atoms with Gasteiger partial charge in [0.1, 0.15) is 5.84 Å². The summed E-state index contributed by atoms with van der Waals surface area (Å²) in [6.45, 7) is -0.0396. The predicted molar refractivity (Wildman–Crippen MR) is 124 cm³/mol. The number of carbonyl (C=O) groups excluding carboxylic acids is 1. The molecule has 0 bridgehead atoms. The van der Waals surface area contributed by atoms with Crippen LogP contribution >= 0.6 is 0 Å². The van der Waals surface area contributed by atoms with Crippen molar-refractivity contribution in [3.8, 4) is 0 Å². The largest absolute Gasteiger partial charge is 0.384 e. The molecule has 33 heavy (non-hydrogen) atoms. The normalized spacial score (nSPS) is 10.9. The van der Waals surface area contributed by atoms with E-state index in [4.69, 9.17) is 11.1 Å². The standard InChI is InChI=1S/C21H20N6O5S/c22-20(23)15-2-1-3-17(12-15)26-21(28)25-16-6-10-19(11-7-16)33(31,32)24-13-14-4-8-18(9-5-14)27(29)30/h1-12,24H,13H2,(H3,22,23)(H2,25,26,28). The van der Waals surface area contributed by atoms with Crippen molar-refractivity contribution in [3.63, 3.8) is 0 Å². The average molecular weight is 468 g/mol. The number of hydrogen-bond donors (Lipinski definition) is 5. The van der Waals surface area contributed by atoms with E-state index in [0.717, 1.165) is 0 Å². The Bertz CT molecular complexity index is 1290. The van der Waals surface area contributed by atoms with Crippen molar-refractivity contribution in [1.29, 1.82) is 5.41 Å². The smallest absolute Gasteiger partial charge is 0.323 e. The van der Waals surface area contributed by atoms with Crippen LogP contribution in [0.1, 0.15) is 11.1 Å². The van der Waals surface area contributed by atoms with Gasteiger partial charge in [0.25, 0.3) is 5.69 Å². The van der Waals surface area contributed by atoms with Gasteiger partial charge < -0.3 is 16.4 Å². The van der Waals surface area contributed by atoms with Gasteiger partial charge in [-0.3, -0.25) is 15.5 Å². The molecule has 170 valence electrons. The molecule has 0 aromatic heterocycles. The van der Waals surface area contributed by atoms with Crippen molar-refractivity contribution in [2.24, 2.45) is 5.73 Å². The number of amidine groups is 1. The number of nitrogens with one attached hydrogen (secondary N) is 4. The first kappa shape index (κ1) is 23.4. The van der Waals surface area contributed by atoms with Crippen molar-refractivity contribution in [2.75, 3.05) is 10.6 Å². The van der Waals surface area contributed by atoms with E-state index in [1.807, 2.05) is 0 Å². The van der Waals surface area contributed by atoms with E-state index in [-0.39, 0.29) is 23.0 Å². The topological polar surface area (TPSA) is 180 Å². The summed E-state index contributed by atoms with van der Waals surface area (Å²) in [4.78, 5) is 22.3. The van der Waals surface area contributed by atoms with Crippen molar-refractivity contribution in [2.45, 2.75) is 11.4 Å². The lowest BCUT2D eigenvalue weighted by Crippen LogP contribution is -2.23. The molecule has 0 aliphatic rings. The zero-order valence-electron chi connectivity index (χ0n) is 17.1. The Kier molecular flexibility index (Phi) is 7.00. The molecule has 0 radical (unpaired) electrons.